The van der Waals surface area contributed by atoms with Gasteiger partial charge in [-0.2, -0.15) is 0 Å². The third-order valence-electron chi connectivity index (χ3n) is 4.16. The summed E-state index contributed by atoms with van der Waals surface area (Å²) in [6.45, 7) is 11.7. The molecular weight excluding hydrogens is 228 g/mol. The molecular formula is C14H28N2O2. The Hall–Kier alpha value is -0.610. The van der Waals surface area contributed by atoms with E-state index in [0.29, 0.717) is 5.92 Å². The second-order valence-corrected chi connectivity index (χ2v) is 5.79. The van der Waals surface area contributed by atoms with Crippen LogP contribution >= 0.6 is 0 Å². The molecule has 106 valence electrons. The largest absolute Gasteiger partial charge is 0.480 e. The maximum Gasteiger partial charge on any atom is 0.320 e. The lowest BCUT2D eigenvalue weighted by Crippen LogP contribution is -2.50. The number of hydrogen-bond donors (Lipinski definition) is 2. The highest BCUT2D eigenvalue weighted by Crippen LogP contribution is 2.21. The number of carboxylic acid groups (broad SMARTS) is 1. The van der Waals surface area contributed by atoms with E-state index < -0.39 is 12.0 Å². The molecule has 1 saturated heterocycles. The molecule has 0 saturated carbocycles. The van der Waals surface area contributed by atoms with Gasteiger partial charge in [0.2, 0.25) is 0 Å². The first-order valence-electron chi connectivity index (χ1n) is 7.16. The van der Waals surface area contributed by atoms with E-state index in [-0.39, 0.29) is 12.0 Å². The van der Waals surface area contributed by atoms with Crippen LogP contribution in [0.2, 0.25) is 0 Å². The van der Waals surface area contributed by atoms with E-state index in [0.717, 1.165) is 19.6 Å². The molecule has 2 atom stereocenters. The van der Waals surface area contributed by atoms with Gasteiger partial charge in [-0.05, 0) is 51.2 Å². The molecule has 0 aromatic heterocycles. The summed E-state index contributed by atoms with van der Waals surface area (Å²) in [5.41, 5.74) is 0. The fraction of sp³-hybridized carbons (Fsp3) is 0.929. The monoisotopic (exact) mass is 256 g/mol. The molecule has 1 rings (SSSR count). The van der Waals surface area contributed by atoms with Crippen LogP contribution in [0, 0.1) is 11.8 Å². The Morgan fingerprint density at radius 1 is 1.33 bits per heavy atom. The predicted octanol–water partition coefficient (Wildman–Crippen LogP) is 1.81. The maximum absolute atomic E-state index is 11.2. The van der Waals surface area contributed by atoms with E-state index in [4.69, 9.17) is 0 Å². The van der Waals surface area contributed by atoms with Gasteiger partial charge < -0.3 is 15.3 Å². The van der Waals surface area contributed by atoms with E-state index in [9.17, 15) is 9.90 Å². The minimum Gasteiger partial charge on any atom is -0.480 e. The third kappa shape index (κ3) is 4.25. The molecule has 0 spiro atoms. The van der Waals surface area contributed by atoms with Gasteiger partial charge in [0.15, 0.2) is 0 Å². The van der Waals surface area contributed by atoms with Crippen molar-refractivity contribution in [1.82, 2.24) is 10.2 Å². The Bertz CT molecular complexity index is 261. The summed E-state index contributed by atoms with van der Waals surface area (Å²) in [5.74, 6) is -0.00285. The van der Waals surface area contributed by atoms with Crippen molar-refractivity contribution in [3.63, 3.8) is 0 Å². The molecule has 2 N–H and O–H groups in total. The van der Waals surface area contributed by atoms with Crippen LogP contribution in [-0.4, -0.2) is 47.7 Å². The van der Waals surface area contributed by atoms with Gasteiger partial charge in [0, 0.05) is 6.04 Å². The zero-order valence-corrected chi connectivity index (χ0v) is 12.1. The van der Waals surface area contributed by atoms with E-state index in [2.05, 4.69) is 24.1 Å². The van der Waals surface area contributed by atoms with Gasteiger partial charge >= 0.3 is 5.97 Å². The van der Waals surface area contributed by atoms with Gasteiger partial charge in [-0.15, -0.1) is 0 Å². The van der Waals surface area contributed by atoms with Crippen LogP contribution in [0.1, 0.15) is 40.5 Å². The number of rotatable bonds is 6. The fourth-order valence-corrected chi connectivity index (χ4v) is 2.74. The Labute approximate surface area is 111 Å². The normalized spacial score (nSPS) is 22.1. The molecule has 1 fully saturated rings. The zero-order chi connectivity index (χ0) is 13.7. The van der Waals surface area contributed by atoms with Crippen molar-refractivity contribution in [1.29, 1.82) is 0 Å². The molecule has 0 radical (unpaired) electrons. The second-order valence-electron chi connectivity index (χ2n) is 5.79. The van der Waals surface area contributed by atoms with Crippen molar-refractivity contribution >= 4 is 5.97 Å². The van der Waals surface area contributed by atoms with Gasteiger partial charge in [0.25, 0.3) is 0 Å². The number of hydrogen-bond acceptors (Lipinski definition) is 3. The van der Waals surface area contributed by atoms with Crippen LogP contribution in [0.5, 0.6) is 0 Å². The van der Waals surface area contributed by atoms with Crippen molar-refractivity contribution in [2.24, 2.45) is 11.8 Å². The Balaban J connectivity index is 2.45. The summed E-state index contributed by atoms with van der Waals surface area (Å²) >= 11 is 0. The molecule has 1 aliphatic heterocycles. The van der Waals surface area contributed by atoms with E-state index in [1.165, 1.54) is 12.8 Å². The first-order chi connectivity index (χ1) is 8.45. The van der Waals surface area contributed by atoms with E-state index in [1.807, 2.05) is 13.8 Å². The number of likely N-dealkylation sites (tertiary alicyclic amines) is 1. The first-order valence-corrected chi connectivity index (χ1v) is 7.16. The average Bonchev–Trinajstić information content (AvgIpc) is 2.35. The van der Waals surface area contributed by atoms with Gasteiger partial charge in [-0.1, -0.05) is 20.8 Å². The predicted molar refractivity (Wildman–Crippen MR) is 73.7 cm³/mol. The number of aliphatic carboxylic acids is 1. The molecule has 1 heterocycles. The Morgan fingerprint density at radius 2 is 1.89 bits per heavy atom. The van der Waals surface area contributed by atoms with Crippen molar-refractivity contribution in [3.05, 3.63) is 0 Å². The summed E-state index contributed by atoms with van der Waals surface area (Å²) in [6, 6.07) is -0.142. The fourth-order valence-electron chi connectivity index (χ4n) is 2.74. The lowest BCUT2D eigenvalue weighted by atomic mass is 9.89. The second kappa shape index (κ2) is 7.10. The minimum atomic E-state index is -0.733. The maximum atomic E-state index is 11.2. The lowest BCUT2D eigenvalue weighted by molar-refractivity contribution is -0.141. The Morgan fingerprint density at radius 3 is 2.28 bits per heavy atom. The summed E-state index contributed by atoms with van der Waals surface area (Å²) < 4.78 is 0. The molecule has 0 bridgehead atoms. The summed E-state index contributed by atoms with van der Waals surface area (Å²) in [7, 11) is 0. The van der Waals surface area contributed by atoms with Gasteiger partial charge in [-0.25, -0.2) is 0 Å². The molecule has 0 amide bonds. The van der Waals surface area contributed by atoms with Gasteiger partial charge in [-0.3, -0.25) is 4.79 Å². The highest BCUT2D eigenvalue weighted by Gasteiger charge is 2.28. The topological polar surface area (TPSA) is 52.6 Å². The van der Waals surface area contributed by atoms with Gasteiger partial charge in [0.05, 0.1) is 0 Å². The number of carbonyl (C=O) groups is 1. The summed E-state index contributed by atoms with van der Waals surface area (Å²) in [5, 5.41) is 12.5. The first kappa shape index (κ1) is 15.4. The van der Waals surface area contributed by atoms with E-state index in [1.54, 1.807) is 0 Å². The highest BCUT2D eigenvalue weighted by molar-refractivity contribution is 5.73. The third-order valence-corrected chi connectivity index (χ3v) is 4.16. The molecule has 4 nitrogen and oxygen atoms in total. The van der Waals surface area contributed by atoms with Crippen molar-refractivity contribution in [2.45, 2.75) is 52.6 Å². The number of piperidine rings is 1. The lowest BCUT2D eigenvalue weighted by Gasteiger charge is -2.36. The average molecular weight is 256 g/mol. The number of nitrogens with one attached hydrogen (secondary N) is 1. The molecule has 0 aromatic carbocycles. The van der Waals surface area contributed by atoms with Crippen LogP contribution in [-0.2, 0) is 4.79 Å². The van der Waals surface area contributed by atoms with E-state index >= 15 is 0 Å². The number of carboxylic acids is 1. The summed E-state index contributed by atoms with van der Waals surface area (Å²) in [4.78, 5) is 13.6. The highest BCUT2D eigenvalue weighted by atomic mass is 16.4. The molecule has 2 unspecified atom stereocenters. The smallest absolute Gasteiger partial charge is 0.320 e. The Kier molecular flexibility index (Phi) is 6.09. The SMILES string of the molecule is CCN1CCC(C(C)NC(C(=O)O)C(C)C)CC1. The van der Waals surface area contributed by atoms with Crippen LogP contribution < -0.4 is 5.32 Å². The van der Waals surface area contributed by atoms with Crippen LogP contribution in [0.4, 0.5) is 0 Å². The van der Waals surface area contributed by atoms with Crippen molar-refractivity contribution < 1.29 is 9.90 Å². The van der Waals surface area contributed by atoms with Crippen LogP contribution in [0.15, 0.2) is 0 Å². The zero-order valence-electron chi connectivity index (χ0n) is 12.1. The molecule has 0 aliphatic carbocycles. The van der Waals surface area contributed by atoms with Crippen LogP contribution in [0.25, 0.3) is 0 Å². The van der Waals surface area contributed by atoms with Crippen molar-refractivity contribution in [3.8, 4) is 0 Å². The molecule has 0 aromatic rings. The molecule has 1 aliphatic rings. The molecule has 4 heteroatoms. The molecule has 18 heavy (non-hydrogen) atoms. The standard InChI is InChI=1S/C14H28N2O2/c1-5-16-8-6-12(7-9-16)11(4)15-13(10(2)3)14(17)18/h10-13,15H,5-9H2,1-4H3,(H,17,18). The minimum absolute atomic E-state index is 0.126. The van der Waals surface area contributed by atoms with Crippen molar-refractivity contribution in [2.75, 3.05) is 19.6 Å². The van der Waals surface area contributed by atoms with Crippen LogP contribution in [0.3, 0.4) is 0 Å². The quantitative estimate of drug-likeness (QED) is 0.761. The summed E-state index contributed by atoms with van der Waals surface area (Å²) in [6.07, 6.45) is 2.35. The number of nitrogens with zero attached hydrogens (tertiary/aromatic N) is 1. The van der Waals surface area contributed by atoms with Gasteiger partial charge in [0.1, 0.15) is 6.04 Å².